The molecule has 0 fully saturated rings. The van der Waals surface area contributed by atoms with Gasteiger partial charge < -0.3 is 0 Å². The molecule has 0 bridgehead atoms. The van der Waals surface area contributed by atoms with E-state index in [0.717, 1.165) is 17.0 Å². The Morgan fingerprint density at radius 1 is 1.00 bits per heavy atom. The van der Waals surface area contributed by atoms with Crippen LogP contribution in [0.5, 0.6) is 0 Å². The Balaban J connectivity index is 2.03. The summed E-state index contributed by atoms with van der Waals surface area (Å²) in [7, 11) is 0. The molecule has 0 spiro atoms. The Kier molecular flexibility index (Phi) is 3.16. The lowest BCUT2D eigenvalue weighted by atomic mass is 10.2. The first kappa shape index (κ1) is 11.7. The number of aromatic amines is 1. The zero-order valence-electron chi connectivity index (χ0n) is 10.0. The predicted molar refractivity (Wildman–Crippen MR) is 74.0 cm³/mol. The number of aromatic nitrogens is 5. The fourth-order valence-electron chi connectivity index (χ4n) is 1.86. The number of nitrogens with zero attached hydrogens (tertiary/aromatic N) is 4. The van der Waals surface area contributed by atoms with Gasteiger partial charge in [-0.1, -0.05) is 0 Å². The van der Waals surface area contributed by atoms with Gasteiger partial charge in [-0.2, -0.15) is 5.10 Å². The van der Waals surface area contributed by atoms with Crippen LogP contribution in [0.3, 0.4) is 0 Å². The van der Waals surface area contributed by atoms with Crippen molar-refractivity contribution in [2.24, 2.45) is 0 Å². The summed E-state index contributed by atoms with van der Waals surface area (Å²) < 4.78 is 2.56. The van der Waals surface area contributed by atoms with Crippen molar-refractivity contribution in [3.63, 3.8) is 0 Å². The molecule has 0 atom stereocenters. The van der Waals surface area contributed by atoms with Crippen molar-refractivity contribution >= 4 is 12.2 Å². The van der Waals surface area contributed by atoms with Crippen LogP contribution in [0.4, 0.5) is 0 Å². The molecule has 3 aromatic heterocycles. The quantitative estimate of drug-likeness (QED) is 0.742. The van der Waals surface area contributed by atoms with Crippen molar-refractivity contribution in [2.45, 2.75) is 6.54 Å². The fraction of sp³-hybridized carbons (Fsp3) is 0.0769. The highest BCUT2D eigenvalue weighted by Gasteiger charge is 2.08. The Bertz CT molecular complexity index is 718. The molecule has 6 heteroatoms. The lowest BCUT2D eigenvalue weighted by Gasteiger charge is -2.06. The van der Waals surface area contributed by atoms with Crippen LogP contribution in [0, 0.1) is 4.77 Å². The van der Waals surface area contributed by atoms with Crippen LogP contribution in [-0.2, 0) is 6.54 Å². The van der Waals surface area contributed by atoms with E-state index in [-0.39, 0.29) is 0 Å². The molecule has 0 radical (unpaired) electrons. The summed E-state index contributed by atoms with van der Waals surface area (Å²) in [5, 5.41) is 7.12. The second-order valence-electron chi connectivity index (χ2n) is 4.03. The van der Waals surface area contributed by atoms with Gasteiger partial charge in [-0.3, -0.25) is 19.6 Å². The van der Waals surface area contributed by atoms with Crippen molar-refractivity contribution in [2.75, 3.05) is 0 Å². The van der Waals surface area contributed by atoms with Crippen LogP contribution in [0.15, 0.2) is 49.1 Å². The second-order valence-corrected chi connectivity index (χ2v) is 4.42. The Morgan fingerprint density at radius 3 is 2.32 bits per heavy atom. The largest absolute Gasteiger partial charge is 0.296 e. The van der Waals surface area contributed by atoms with Gasteiger partial charge in [-0.25, -0.2) is 0 Å². The SMILES string of the molecule is S=c1[nH]nc(-c2ccncc2)n1Cc1ccncc1. The number of rotatable bonds is 3. The molecule has 0 unspecified atom stereocenters. The molecule has 0 amide bonds. The molecule has 0 saturated heterocycles. The third-order valence-electron chi connectivity index (χ3n) is 2.79. The second kappa shape index (κ2) is 5.11. The van der Waals surface area contributed by atoms with Crippen LogP contribution >= 0.6 is 12.2 Å². The van der Waals surface area contributed by atoms with Gasteiger partial charge >= 0.3 is 0 Å². The normalized spacial score (nSPS) is 10.5. The van der Waals surface area contributed by atoms with Gasteiger partial charge in [-0.15, -0.1) is 0 Å². The van der Waals surface area contributed by atoms with Crippen LogP contribution in [0.25, 0.3) is 11.4 Å². The summed E-state index contributed by atoms with van der Waals surface area (Å²) in [5.41, 5.74) is 2.11. The number of nitrogens with one attached hydrogen (secondary N) is 1. The summed E-state index contributed by atoms with van der Waals surface area (Å²) in [6, 6.07) is 7.75. The third-order valence-corrected chi connectivity index (χ3v) is 3.10. The number of H-pyrrole nitrogens is 1. The number of hydrogen-bond acceptors (Lipinski definition) is 4. The lowest BCUT2D eigenvalue weighted by Crippen LogP contribution is -2.02. The van der Waals surface area contributed by atoms with Crippen molar-refractivity contribution in [3.8, 4) is 11.4 Å². The monoisotopic (exact) mass is 269 g/mol. The maximum atomic E-state index is 5.29. The van der Waals surface area contributed by atoms with E-state index in [2.05, 4.69) is 20.2 Å². The molecule has 94 valence electrons. The molecule has 0 aliphatic rings. The highest BCUT2D eigenvalue weighted by molar-refractivity contribution is 7.71. The van der Waals surface area contributed by atoms with E-state index in [4.69, 9.17) is 12.2 Å². The van der Waals surface area contributed by atoms with Crippen molar-refractivity contribution < 1.29 is 0 Å². The molecule has 0 aliphatic heterocycles. The van der Waals surface area contributed by atoms with Gasteiger partial charge in [0, 0.05) is 30.4 Å². The standard InChI is InChI=1S/C13H11N5S/c19-13-17-16-12(11-3-7-15-8-4-11)18(13)9-10-1-5-14-6-2-10/h1-8H,9H2,(H,17,19). The van der Waals surface area contributed by atoms with Gasteiger partial charge in [0.2, 0.25) is 0 Å². The van der Waals surface area contributed by atoms with Crippen molar-refractivity contribution in [1.82, 2.24) is 24.7 Å². The van der Waals surface area contributed by atoms with Crippen LogP contribution < -0.4 is 0 Å². The van der Waals surface area contributed by atoms with Crippen molar-refractivity contribution in [1.29, 1.82) is 0 Å². The van der Waals surface area contributed by atoms with E-state index in [1.807, 2.05) is 28.8 Å². The van der Waals surface area contributed by atoms with Gasteiger partial charge in [-0.05, 0) is 42.0 Å². The van der Waals surface area contributed by atoms with Crippen molar-refractivity contribution in [3.05, 3.63) is 59.4 Å². The minimum Gasteiger partial charge on any atom is -0.296 e. The molecule has 5 nitrogen and oxygen atoms in total. The molecule has 0 saturated carbocycles. The van der Waals surface area contributed by atoms with E-state index < -0.39 is 0 Å². The zero-order chi connectivity index (χ0) is 13.1. The first-order valence-corrected chi connectivity index (χ1v) is 6.20. The zero-order valence-corrected chi connectivity index (χ0v) is 10.8. The lowest BCUT2D eigenvalue weighted by molar-refractivity contribution is 0.789. The fourth-order valence-corrected chi connectivity index (χ4v) is 2.05. The smallest absolute Gasteiger partial charge is 0.195 e. The molecule has 0 aromatic carbocycles. The summed E-state index contributed by atoms with van der Waals surface area (Å²) in [4.78, 5) is 8.02. The molecular formula is C13H11N5S. The Morgan fingerprint density at radius 2 is 1.63 bits per heavy atom. The van der Waals surface area contributed by atoms with E-state index in [1.165, 1.54) is 0 Å². The minimum atomic E-state index is 0.601. The summed E-state index contributed by atoms with van der Waals surface area (Å²) in [5.74, 6) is 0.809. The van der Waals surface area contributed by atoms with E-state index in [9.17, 15) is 0 Å². The molecule has 1 N–H and O–H groups in total. The van der Waals surface area contributed by atoms with E-state index in [1.54, 1.807) is 24.8 Å². The third kappa shape index (κ3) is 2.43. The summed E-state index contributed by atoms with van der Waals surface area (Å²) >= 11 is 5.29. The number of hydrogen-bond donors (Lipinski definition) is 1. The van der Waals surface area contributed by atoms with Gasteiger partial charge in [0.1, 0.15) is 0 Å². The first-order valence-electron chi connectivity index (χ1n) is 5.79. The molecular weight excluding hydrogens is 258 g/mol. The summed E-state index contributed by atoms with van der Waals surface area (Å²) in [6.07, 6.45) is 7.02. The van der Waals surface area contributed by atoms with Crippen LogP contribution in [0.2, 0.25) is 0 Å². The molecule has 0 aliphatic carbocycles. The van der Waals surface area contributed by atoms with Crippen LogP contribution in [0.1, 0.15) is 5.56 Å². The molecule has 3 rings (SSSR count). The average molecular weight is 269 g/mol. The molecule has 3 aromatic rings. The average Bonchev–Trinajstić information content (AvgIpc) is 2.82. The number of pyridine rings is 2. The maximum absolute atomic E-state index is 5.29. The highest BCUT2D eigenvalue weighted by atomic mass is 32.1. The van der Waals surface area contributed by atoms with Gasteiger partial charge in [0.25, 0.3) is 0 Å². The molecule has 3 heterocycles. The van der Waals surface area contributed by atoms with E-state index in [0.29, 0.717) is 11.3 Å². The molecule has 19 heavy (non-hydrogen) atoms. The first-order chi connectivity index (χ1) is 9.34. The highest BCUT2D eigenvalue weighted by Crippen LogP contribution is 2.17. The predicted octanol–water partition coefficient (Wildman–Crippen LogP) is 2.45. The Labute approximate surface area is 115 Å². The van der Waals surface area contributed by atoms with Gasteiger partial charge in [0.05, 0.1) is 6.54 Å². The summed E-state index contributed by atoms with van der Waals surface area (Å²) in [6.45, 7) is 0.662. The van der Waals surface area contributed by atoms with Crippen LogP contribution in [-0.4, -0.2) is 24.7 Å². The Hall–Kier alpha value is -2.34. The topological polar surface area (TPSA) is 59.4 Å². The minimum absolute atomic E-state index is 0.601. The van der Waals surface area contributed by atoms with Gasteiger partial charge in [0.15, 0.2) is 10.6 Å². The van der Waals surface area contributed by atoms with E-state index >= 15 is 0 Å². The maximum Gasteiger partial charge on any atom is 0.195 e.